The summed E-state index contributed by atoms with van der Waals surface area (Å²) in [4.78, 5) is 22.7. The number of hydrogen-bond donors (Lipinski definition) is 1. The van der Waals surface area contributed by atoms with Crippen LogP contribution in [-0.4, -0.2) is 43.7 Å². The molecular weight excluding hydrogens is 378 g/mol. The van der Waals surface area contributed by atoms with Crippen molar-refractivity contribution in [2.24, 2.45) is 0 Å². The molecule has 3 heterocycles. The Morgan fingerprint density at radius 2 is 2.03 bits per heavy atom. The number of hydrogen-bond acceptors (Lipinski definition) is 4. The quantitative estimate of drug-likeness (QED) is 0.557. The number of H-pyrrole nitrogens is 1. The minimum atomic E-state index is -0.187. The number of carbonyl (C=O) groups excluding carboxylic acids is 1. The van der Waals surface area contributed by atoms with Crippen LogP contribution < -0.4 is 4.74 Å². The summed E-state index contributed by atoms with van der Waals surface area (Å²) in [6, 6.07) is 16.2. The second-order valence-electron chi connectivity index (χ2n) is 7.40. The molecule has 4 aromatic rings. The van der Waals surface area contributed by atoms with Crippen LogP contribution in [0.5, 0.6) is 5.75 Å². The van der Waals surface area contributed by atoms with Gasteiger partial charge in [-0.05, 0) is 42.7 Å². The van der Waals surface area contributed by atoms with Crippen molar-refractivity contribution in [2.75, 3.05) is 13.2 Å². The number of nitrogens with one attached hydrogen (secondary N) is 1. The van der Waals surface area contributed by atoms with Crippen LogP contribution in [0.4, 0.5) is 0 Å². The molecule has 1 N–H and O–H groups in total. The molecule has 152 valence electrons. The number of carbonyl (C=O) groups is 1. The van der Waals surface area contributed by atoms with Gasteiger partial charge >= 0.3 is 0 Å². The molecule has 5 rings (SSSR count). The van der Waals surface area contributed by atoms with E-state index in [9.17, 15) is 4.79 Å². The van der Waals surface area contributed by atoms with Gasteiger partial charge in [-0.15, -0.1) is 0 Å². The molecule has 1 aliphatic rings. The van der Waals surface area contributed by atoms with Crippen LogP contribution >= 0.6 is 0 Å². The van der Waals surface area contributed by atoms with E-state index < -0.39 is 0 Å². The van der Waals surface area contributed by atoms with Gasteiger partial charge in [0.2, 0.25) is 5.91 Å². The Morgan fingerprint density at radius 3 is 2.80 bits per heavy atom. The lowest BCUT2D eigenvalue weighted by atomic mass is 9.92. The van der Waals surface area contributed by atoms with Gasteiger partial charge in [0.25, 0.3) is 0 Å². The molecule has 0 saturated heterocycles. The van der Waals surface area contributed by atoms with Crippen LogP contribution in [-0.2, 0) is 17.8 Å². The fraction of sp³-hybridized carbons (Fsp3) is 0.261. The molecule has 7 heteroatoms. The fourth-order valence-corrected chi connectivity index (χ4v) is 4.31. The zero-order valence-electron chi connectivity index (χ0n) is 16.8. The van der Waals surface area contributed by atoms with E-state index >= 15 is 0 Å². The number of benzene rings is 2. The topological polar surface area (TPSA) is 76.0 Å². The highest BCUT2D eigenvalue weighted by molar-refractivity contribution is 5.86. The maximum absolute atomic E-state index is 13.2. The number of amides is 1. The summed E-state index contributed by atoms with van der Waals surface area (Å²) in [5.74, 6) is 0.845. The van der Waals surface area contributed by atoms with Crippen LogP contribution in [0, 0.1) is 0 Å². The molecule has 0 bridgehead atoms. The highest BCUT2D eigenvalue weighted by atomic mass is 16.5. The number of aromatic nitrogens is 4. The molecule has 0 radical (unpaired) electrons. The minimum Gasteiger partial charge on any atom is -0.494 e. The monoisotopic (exact) mass is 401 g/mol. The van der Waals surface area contributed by atoms with E-state index in [-0.39, 0.29) is 18.5 Å². The summed E-state index contributed by atoms with van der Waals surface area (Å²) in [5, 5.41) is 5.32. The zero-order chi connectivity index (χ0) is 20.5. The van der Waals surface area contributed by atoms with Gasteiger partial charge in [0.15, 0.2) is 0 Å². The van der Waals surface area contributed by atoms with Crippen molar-refractivity contribution in [2.45, 2.75) is 25.9 Å². The highest BCUT2D eigenvalue weighted by Gasteiger charge is 2.34. The van der Waals surface area contributed by atoms with Crippen molar-refractivity contribution in [1.29, 1.82) is 0 Å². The Balaban J connectivity index is 1.57. The number of para-hydroxylation sites is 1. The molecular formula is C23H23N5O2. The molecule has 1 atom stereocenters. The van der Waals surface area contributed by atoms with Crippen LogP contribution in [0.2, 0.25) is 0 Å². The maximum Gasteiger partial charge on any atom is 0.245 e. The summed E-state index contributed by atoms with van der Waals surface area (Å²) in [5.41, 5.74) is 4.52. The SMILES string of the molecule is CCOc1ccc([C@H]2c3[nH]c4ccccc4c3CCN2C(=O)Cn2cncn2)cc1. The number of aromatic amines is 1. The summed E-state index contributed by atoms with van der Waals surface area (Å²) in [6.07, 6.45) is 3.83. The van der Waals surface area contributed by atoms with Gasteiger partial charge in [-0.25, -0.2) is 9.67 Å². The lowest BCUT2D eigenvalue weighted by Gasteiger charge is -2.36. The number of ether oxygens (including phenoxy) is 1. The van der Waals surface area contributed by atoms with Gasteiger partial charge in [0.1, 0.15) is 24.9 Å². The van der Waals surface area contributed by atoms with Crippen LogP contribution in [0.25, 0.3) is 10.9 Å². The molecule has 0 aliphatic carbocycles. The van der Waals surface area contributed by atoms with Gasteiger partial charge in [0.05, 0.1) is 12.6 Å². The molecule has 30 heavy (non-hydrogen) atoms. The lowest BCUT2D eigenvalue weighted by molar-refractivity contribution is -0.134. The standard InChI is InChI=1S/C23H23N5O2/c1-2-30-17-9-7-16(8-10-17)23-22-19(18-5-3-4-6-20(18)26-22)11-12-28(23)21(29)13-27-15-24-14-25-27/h3-10,14-15,23,26H,2,11-13H2,1H3/t23-/m0/s1. The molecule has 1 amide bonds. The lowest BCUT2D eigenvalue weighted by Crippen LogP contribution is -2.42. The van der Waals surface area contributed by atoms with E-state index in [1.54, 1.807) is 11.0 Å². The molecule has 2 aromatic carbocycles. The fourth-order valence-electron chi connectivity index (χ4n) is 4.31. The predicted octanol–water partition coefficient (Wildman–Crippen LogP) is 3.33. The van der Waals surface area contributed by atoms with E-state index in [0.29, 0.717) is 13.2 Å². The van der Waals surface area contributed by atoms with Crippen molar-refractivity contribution >= 4 is 16.8 Å². The Morgan fingerprint density at radius 1 is 1.20 bits per heavy atom. The Labute approximate surface area is 174 Å². The summed E-state index contributed by atoms with van der Waals surface area (Å²) in [6.45, 7) is 3.41. The first-order valence-electron chi connectivity index (χ1n) is 10.2. The molecule has 0 saturated carbocycles. The maximum atomic E-state index is 13.2. The Kier molecular flexibility index (Phi) is 4.71. The zero-order valence-corrected chi connectivity index (χ0v) is 16.8. The van der Waals surface area contributed by atoms with E-state index in [1.165, 1.54) is 17.3 Å². The number of fused-ring (bicyclic) bond motifs is 3. The first-order valence-corrected chi connectivity index (χ1v) is 10.2. The largest absolute Gasteiger partial charge is 0.494 e. The third-order valence-corrected chi connectivity index (χ3v) is 5.63. The van der Waals surface area contributed by atoms with Crippen molar-refractivity contribution < 1.29 is 9.53 Å². The van der Waals surface area contributed by atoms with E-state index in [1.807, 2.05) is 42.2 Å². The van der Waals surface area contributed by atoms with E-state index in [4.69, 9.17) is 4.74 Å². The molecule has 0 unspecified atom stereocenters. The first-order chi connectivity index (χ1) is 14.7. The molecule has 2 aromatic heterocycles. The van der Waals surface area contributed by atoms with E-state index in [0.717, 1.165) is 28.9 Å². The van der Waals surface area contributed by atoms with Crippen molar-refractivity contribution in [3.8, 4) is 5.75 Å². The van der Waals surface area contributed by atoms with Crippen LogP contribution in [0.1, 0.15) is 29.8 Å². The summed E-state index contributed by atoms with van der Waals surface area (Å²) in [7, 11) is 0. The van der Waals surface area contributed by atoms with E-state index in [2.05, 4.69) is 33.3 Å². The number of nitrogens with zero attached hydrogens (tertiary/aromatic N) is 4. The van der Waals surface area contributed by atoms with Crippen LogP contribution in [0.15, 0.2) is 61.2 Å². The number of rotatable bonds is 5. The minimum absolute atomic E-state index is 0.0173. The molecule has 0 fully saturated rings. The Bertz CT molecular complexity index is 1160. The highest BCUT2D eigenvalue weighted by Crippen LogP contribution is 2.38. The van der Waals surface area contributed by atoms with Gasteiger partial charge < -0.3 is 14.6 Å². The van der Waals surface area contributed by atoms with Crippen molar-refractivity contribution in [3.05, 3.63) is 78.0 Å². The predicted molar refractivity (Wildman–Crippen MR) is 113 cm³/mol. The van der Waals surface area contributed by atoms with Gasteiger partial charge in [-0.1, -0.05) is 30.3 Å². The van der Waals surface area contributed by atoms with Crippen LogP contribution in [0.3, 0.4) is 0 Å². The van der Waals surface area contributed by atoms with Gasteiger partial charge in [-0.3, -0.25) is 4.79 Å². The third kappa shape index (κ3) is 3.22. The normalized spacial score (nSPS) is 15.9. The second-order valence-corrected chi connectivity index (χ2v) is 7.40. The average Bonchev–Trinajstić information content (AvgIpc) is 3.41. The van der Waals surface area contributed by atoms with Crippen molar-refractivity contribution in [3.63, 3.8) is 0 Å². The average molecular weight is 401 g/mol. The smallest absolute Gasteiger partial charge is 0.245 e. The second kappa shape index (κ2) is 7.67. The molecule has 1 aliphatic heterocycles. The third-order valence-electron chi connectivity index (χ3n) is 5.63. The van der Waals surface area contributed by atoms with Gasteiger partial charge in [0, 0.05) is 23.1 Å². The molecule has 7 nitrogen and oxygen atoms in total. The Hall–Kier alpha value is -3.61. The first kappa shape index (κ1) is 18.4. The summed E-state index contributed by atoms with van der Waals surface area (Å²) < 4.78 is 7.17. The summed E-state index contributed by atoms with van der Waals surface area (Å²) >= 11 is 0. The van der Waals surface area contributed by atoms with Gasteiger partial charge in [-0.2, -0.15) is 5.10 Å². The van der Waals surface area contributed by atoms with Crippen molar-refractivity contribution in [1.82, 2.24) is 24.6 Å². The molecule has 0 spiro atoms.